The summed E-state index contributed by atoms with van der Waals surface area (Å²) in [6.45, 7) is 7.98. The Bertz CT molecular complexity index is 510. The summed E-state index contributed by atoms with van der Waals surface area (Å²) in [6.07, 6.45) is 1.95. The van der Waals surface area contributed by atoms with Crippen LogP contribution < -0.4 is 5.32 Å². The van der Waals surface area contributed by atoms with Crippen molar-refractivity contribution < 1.29 is 0 Å². The summed E-state index contributed by atoms with van der Waals surface area (Å²) in [7, 11) is 0. The molecule has 0 bridgehead atoms. The SMILES string of the molecule is CCNCc1nnnn1-c1c(CC)cccc1CC. The molecule has 0 saturated heterocycles. The summed E-state index contributed by atoms with van der Waals surface area (Å²) < 4.78 is 1.88. The molecule has 0 radical (unpaired) electrons. The second-order valence-electron chi connectivity index (χ2n) is 4.42. The van der Waals surface area contributed by atoms with Crippen molar-refractivity contribution in [2.45, 2.75) is 40.2 Å². The van der Waals surface area contributed by atoms with Crippen LogP contribution in [0.3, 0.4) is 0 Å². The van der Waals surface area contributed by atoms with Crippen LogP contribution in [0.5, 0.6) is 0 Å². The third kappa shape index (κ3) is 2.81. The van der Waals surface area contributed by atoms with Crippen LogP contribution >= 0.6 is 0 Å². The lowest BCUT2D eigenvalue weighted by molar-refractivity contribution is 0.660. The van der Waals surface area contributed by atoms with Crippen molar-refractivity contribution >= 4 is 0 Å². The lowest BCUT2D eigenvalue weighted by Gasteiger charge is -2.14. The van der Waals surface area contributed by atoms with Gasteiger partial charge in [-0.2, -0.15) is 4.68 Å². The Morgan fingerprint density at radius 2 is 1.79 bits per heavy atom. The highest BCUT2D eigenvalue weighted by Crippen LogP contribution is 2.21. The van der Waals surface area contributed by atoms with Gasteiger partial charge >= 0.3 is 0 Å². The van der Waals surface area contributed by atoms with Gasteiger partial charge in [-0.05, 0) is 40.9 Å². The molecule has 0 aliphatic heterocycles. The van der Waals surface area contributed by atoms with Crippen molar-refractivity contribution in [2.24, 2.45) is 0 Å². The van der Waals surface area contributed by atoms with Crippen molar-refractivity contribution in [3.05, 3.63) is 35.2 Å². The number of nitrogens with one attached hydrogen (secondary N) is 1. The van der Waals surface area contributed by atoms with E-state index in [9.17, 15) is 0 Å². The average molecular weight is 259 g/mol. The molecule has 1 aromatic carbocycles. The molecule has 1 heterocycles. The highest BCUT2D eigenvalue weighted by molar-refractivity contribution is 5.48. The fourth-order valence-corrected chi connectivity index (χ4v) is 2.21. The smallest absolute Gasteiger partial charge is 0.170 e. The Hall–Kier alpha value is -1.75. The van der Waals surface area contributed by atoms with Crippen molar-refractivity contribution in [3.63, 3.8) is 0 Å². The number of hydrogen-bond acceptors (Lipinski definition) is 4. The van der Waals surface area contributed by atoms with Gasteiger partial charge in [0.25, 0.3) is 0 Å². The summed E-state index contributed by atoms with van der Waals surface area (Å²) in [5.41, 5.74) is 3.71. The van der Waals surface area contributed by atoms with E-state index < -0.39 is 0 Å². The van der Waals surface area contributed by atoms with E-state index in [4.69, 9.17) is 0 Å². The number of nitrogens with zero attached hydrogens (tertiary/aromatic N) is 4. The predicted octanol–water partition coefficient (Wildman–Crippen LogP) is 1.90. The topological polar surface area (TPSA) is 55.6 Å². The van der Waals surface area contributed by atoms with Gasteiger partial charge < -0.3 is 5.32 Å². The van der Waals surface area contributed by atoms with Gasteiger partial charge in [-0.1, -0.05) is 39.0 Å². The molecule has 1 aromatic heterocycles. The van der Waals surface area contributed by atoms with Gasteiger partial charge in [0.15, 0.2) is 5.82 Å². The van der Waals surface area contributed by atoms with E-state index in [0.717, 1.165) is 30.9 Å². The number of hydrogen-bond donors (Lipinski definition) is 1. The van der Waals surface area contributed by atoms with E-state index in [1.807, 2.05) is 4.68 Å². The molecule has 19 heavy (non-hydrogen) atoms. The number of benzene rings is 1. The van der Waals surface area contributed by atoms with Crippen LogP contribution in [0.25, 0.3) is 5.69 Å². The van der Waals surface area contributed by atoms with Crippen molar-refractivity contribution in [2.75, 3.05) is 6.54 Å². The second-order valence-corrected chi connectivity index (χ2v) is 4.42. The van der Waals surface area contributed by atoms with Crippen LogP contribution in [0.1, 0.15) is 37.7 Å². The largest absolute Gasteiger partial charge is 0.310 e. The quantitative estimate of drug-likeness (QED) is 0.861. The zero-order valence-corrected chi connectivity index (χ0v) is 11.8. The molecule has 0 saturated carbocycles. The van der Waals surface area contributed by atoms with Crippen LogP contribution in [-0.4, -0.2) is 26.8 Å². The molecule has 0 unspecified atom stereocenters. The lowest BCUT2D eigenvalue weighted by Crippen LogP contribution is -2.17. The van der Waals surface area contributed by atoms with E-state index in [1.165, 1.54) is 11.1 Å². The molecular formula is C14H21N5. The maximum atomic E-state index is 4.17. The summed E-state index contributed by atoms with van der Waals surface area (Å²) in [6, 6.07) is 6.40. The van der Waals surface area contributed by atoms with E-state index in [2.05, 4.69) is 59.8 Å². The minimum absolute atomic E-state index is 0.685. The van der Waals surface area contributed by atoms with E-state index in [1.54, 1.807) is 0 Å². The number of aromatic nitrogens is 4. The van der Waals surface area contributed by atoms with E-state index >= 15 is 0 Å². The summed E-state index contributed by atoms with van der Waals surface area (Å²) >= 11 is 0. The van der Waals surface area contributed by atoms with Gasteiger partial charge in [0, 0.05) is 0 Å². The van der Waals surface area contributed by atoms with Gasteiger partial charge in [0.2, 0.25) is 0 Å². The molecule has 0 aliphatic carbocycles. The Labute approximate surface area is 114 Å². The highest BCUT2D eigenvalue weighted by atomic mass is 15.5. The normalized spacial score (nSPS) is 10.9. The first-order valence-corrected chi connectivity index (χ1v) is 6.90. The summed E-state index contributed by atoms with van der Waals surface area (Å²) in [5.74, 6) is 0.859. The molecular weight excluding hydrogens is 238 g/mol. The number of rotatable bonds is 6. The average Bonchev–Trinajstić information content (AvgIpc) is 2.91. The molecule has 2 rings (SSSR count). The zero-order chi connectivity index (χ0) is 13.7. The molecule has 0 atom stereocenters. The van der Waals surface area contributed by atoms with Crippen LogP contribution in [0.15, 0.2) is 18.2 Å². The molecule has 1 N–H and O–H groups in total. The summed E-state index contributed by atoms with van der Waals surface area (Å²) in [5, 5.41) is 15.4. The van der Waals surface area contributed by atoms with Crippen molar-refractivity contribution in [1.82, 2.24) is 25.5 Å². The van der Waals surface area contributed by atoms with E-state index in [-0.39, 0.29) is 0 Å². The first kappa shape index (κ1) is 13.7. The molecule has 2 aromatic rings. The molecule has 0 aliphatic rings. The maximum Gasteiger partial charge on any atom is 0.170 e. The minimum atomic E-state index is 0.685. The molecule has 102 valence electrons. The Morgan fingerprint density at radius 3 is 2.37 bits per heavy atom. The number of para-hydroxylation sites is 1. The third-order valence-corrected chi connectivity index (χ3v) is 3.24. The van der Waals surface area contributed by atoms with Gasteiger partial charge in [-0.15, -0.1) is 5.10 Å². The van der Waals surface area contributed by atoms with Gasteiger partial charge in [0.05, 0.1) is 12.2 Å². The van der Waals surface area contributed by atoms with Gasteiger partial charge in [-0.25, -0.2) is 0 Å². The molecule has 0 spiro atoms. The van der Waals surface area contributed by atoms with Crippen molar-refractivity contribution in [3.8, 4) is 5.69 Å². The number of aryl methyl sites for hydroxylation is 2. The number of tetrazole rings is 1. The minimum Gasteiger partial charge on any atom is -0.310 e. The van der Waals surface area contributed by atoms with Crippen LogP contribution in [-0.2, 0) is 19.4 Å². The van der Waals surface area contributed by atoms with Gasteiger partial charge in [-0.3, -0.25) is 0 Å². The Kier molecular flexibility index (Phi) is 4.63. The Balaban J connectivity index is 2.48. The molecule has 5 nitrogen and oxygen atoms in total. The fourth-order valence-electron chi connectivity index (χ4n) is 2.21. The summed E-state index contributed by atoms with van der Waals surface area (Å²) in [4.78, 5) is 0. The predicted molar refractivity (Wildman–Crippen MR) is 75.3 cm³/mol. The Morgan fingerprint density at radius 1 is 1.11 bits per heavy atom. The fraction of sp³-hybridized carbons (Fsp3) is 0.500. The standard InChI is InChI=1S/C14H21N5/c1-4-11-8-7-9-12(5-2)14(11)19-13(10-15-6-3)16-17-18-19/h7-9,15H,4-6,10H2,1-3H3. The van der Waals surface area contributed by atoms with Crippen LogP contribution in [0.4, 0.5) is 0 Å². The van der Waals surface area contributed by atoms with Crippen LogP contribution in [0.2, 0.25) is 0 Å². The lowest BCUT2D eigenvalue weighted by atomic mass is 10.0. The molecule has 5 heteroatoms. The monoisotopic (exact) mass is 259 g/mol. The first-order valence-electron chi connectivity index (χ1n) is 6.90. The molecule has 0 amide bonds. The van der Waals surface area contributed by atoms with E-state index in [0.29, 0.717) is 6.54 Å². The maximum absolute atomic E-state index is 4.17. The van der Waals surface area contributed by atoms with Crippen LogP contribution in [0, 0.1) is 0 Å². The van der Waals surface area contributed by atoms with Gasteiger partial charge in [0.1, 0.15) is 0 Å². The van der Waals surface area contributed by atoms with Crippen molar-refractivity contribution in [1.29, 1.82) is 0 Å². The third-order valence-electron chi connectivity index (χ3n) is 3.24. The molecule has 0 fully saturated rings. The highest BCUT2D eigenvalue weighted by Gasteiger charge is 2.14. The zero-order valence-electron chi connectivity index (χ0n) is 11.8. The second kappa shape index (κ2) is 6.43. The first-order chi connectivity index (χ1) is 9.31.